The summed E-state index contributed by atoms with van der Waals surface area (Å²) >= 11 is 0. The molecule has 0 aliphatic heterocycles. The molecular formula is C5H6N3O2P2+. The number of carbonyl (C=O) groups excluding carboxylic acids is 1. The monoisotopic (exact) mass is 202 g/mol. The van der Waals surface area contributed by atoms with Gasteiger partial charge in [-0.1, -0.05) is 5.16 Å². The van der Waals surface area contributed by atoms with Crippen LogP contribution in [-0.4, -0.2) is 17.7 Å². The van der Waals surface area contributed by atoms with Crippen molar-refractivity contribution in [3.8, 4) is 0 Å². The molecule has 0 aliphatic rings. The Morgan fingerprint density at radius 3 is 3.17 bits per heavy atom. The van der Waals surface area contributed by atoms with Crippen LogP contribution in [0.25, 0.3) is 0 Å². The molecule has 62 valence electrons. The Morgan fingerprint density at radius 2 is 2.67 bits per heavy atom. The van der Waals surface area contributed by atoms with Gasteiger partial charge in [-0.25, -0.2) is 9.12 Å². The molecule has 0 saturated carbocycles. The molecule has 1 heterocycles. The lowest BCUT2D eigenvalue weighted by Gasteiger charge is -1.89. The average molecular weight is 202 g/mol. The summed E-state index contributed by atoms with van der Waals surface area (Å²) < 4.78 is 1.85. The van der Waals surface area contributed by atoms with Crippen LogP contribution in [-0.2, 0) is 11.9 Å². The molecule has 5 nitrogen and oxygen atoms in total. The molecule has 1 rings (SSSR count). The third-order valence-corrected chi connectivity index (χ3v) is 3.60. The fourth-order valence-electron chi connectivity index (χ4n) is 0.493. The van der Waals surface area contributed by atoms with E-state index in [1.807, 2.05) is 11.4 Å². The van der Waals surface area contributed by atoms with Crippen LogP contribution < -0.4 is 4.33 Å². The normalized spacial score (nSPS) is 10.4. The number of oxime groups is 1. The van der Waals surface area contributed by atoms with E-state index in [1.165, 1.54) is 0 Å². The third-order valence-electron chi connectivity index (χ3n) is 0.958. The second kappa shape index (κ2) is 4.19. The molecule has 0 saturated heterocycles. The average Bonchev–Trinajstić information content (AvgIpc) is 2.06. The van der Waals surface area contributed by atoms with Crippen LogP contribution in [0.15, 0.2) is 11.5 Å². The third kappa shape index (κ3) is 2.29. The highest BCUT2D eigenvalue weighted by atomic mass is 31.8. The van der Waals surface area contributed by atoms with Gasteiger partial charge in [0.15, 0.2) is 8.03 Å². The van der Waals surface area contributed by atoms with Crippen LogP contribution in [0.5, 0.6) is 0 Å². The topological polar surface area (TPSA) is 55.4 Å². The molecule has 0 amide bonds. The summed E-state index contributed by atoms with van der Waals surface area (Å²) in [7, 11) is 3.64. The lowest BCUT2D eigenvalue weighted by molar-refractivity contribution is -0.602. The summed E-state index contributed by atoms with van der Waals surface area (Å²) in [4.78, 5) is 19.1. The van der Waals surface area contributed by atoms with Crippen LogP contribution in [0.3, 0.4) is 0 Å². The van der Waals surface area contributed by atoms with Crippen LogP contribution in [0.2, 0.25) is 0 Å². The van der Waals surface area contributed by atoms with Crippen molar-refractivity contribution < 1.29 is 14.0 Å². The minimum Gasteiger partial charge on any atom is -0.309 e. The van der Waals surface area contributed by atoms with E-state index < -0.39 is 5.97 Å². The second-order valence-corrected chi connectivity index (χ2v) is 4.41. The zero-order chi connectivity index (χ0) is 8.97. The number of hydrogen-bond donors (Lipinski definition) is 0. The molecule has 0 unspecified atom stereocenters. The fourth-order valence-corrected chi connectivity index (χ4v) is 2.26. The van der Waals surface area contributed by atoms with E-state index in [4.69, 9.17) is 0 Å². The Hall–Kier alpha value is -0.920. The van der Waals surface area contributed by atoms with Crippen molar-refractivity contribution in [2.24, 2.45) is 12.2 Å². The minimum atomic E-state index is -0.538. The van der Waals surface area contributed by atoms with Crippen LogP contribution in [0, 0.1) is 0 Å². The highest BCUT2D eigenvalue weighted by molar-refractivity contribution is 7.87. The first-order valence-electron chi connectivity index (χ1n) is 2.97. The molecule has 0 bridgehead atoms. The highest BCUT2D eigenvalue weighted by Gasteiger charge is 2.15. The Kier molecular flexibility index (Phi) is 3.20. The Balaban J connectivity index is 2.82. The number of hydrogen-bond acceptors (Lipinski definition) is 4. The SMILES string of the molecule is C=NOC(=O)c1nc[n+](C)pp1. The smallest absolute Gasteiger partial charge is 0.309 e. The predicted molar refractivity (Wildman–Crippen MR) is 45.4 cm³/mol. The first-order valence-corrected chi connectivity index (χ1v) is 5.42. The van der Waals surface area contributed by atoms with Gasteiger partial charge in [-0.2, -0.15) is 0 Å². The molecule has 7 heteroatoms. The maximum absolute atomic E-state index is 11.0. The van der Waals surface area contributed by atoms with Gasteiger partial charge in [0.1, 0.15) is 0 Å². The van der Waals surface area contributed by atoms with Crippen molar-refractivity contribution in [3.63, 3.8) is 0 Å². The molecule has 0 aromatic carbocycles. The molecule has 12 heavy (non-hydrogen) atoms. The van der Waals surface area contributed by atoms with Crippen LogP contribution in [0.1, 0.15) is 10.2 Å². The van der Waals surface area contributed by atoms with Crippen molar-refractivity contribution in [2.75, 3.05) is 0 Å². The summed E-state index contributed by atoms with van der Waals surface area (Å²) in [6.45, 7) is 3.04. The number of aromatic nitrogens is 2. The molecule has 0 atom stereocenters. The predicted octanol–water partition coefficient (Wildman–Crippen LogP) is 0.839. The zero-order valence-electron chi connectivity index (χ0n) is 6.34. The van der Waals surface area contributed by atoms with Gasteiger partial charge in [-0.15, -0.1) is 0 Å². The minimum absolute atomic E-state index is 0.349. The van der Waals surface area contributed by atoms with Crippen molar-refractivity contribution in [1.82, 2.24) is 4.98 Å². The van der Waals surface area contributed by atoms with E-state index in [0.29, 0.717) is 5.43 Å². The summed E-state index contributed by atoms with van der Waals surface area (Å²) in [5, 5.41) is 3.01. The summed E-state index contributed by atoms with van der Waals surface area (Å²) in [6, 6.07) is 0. The van der Waals surface area contributed by atoms with Gasteiger partial charge in [-0.3, -0.25) is 0 Å². The molecule has 0 spiro atoms. The summed E-state index contributed by atoms with van der Waals surface area (Å²) in [5.74, 6) is -0.538. The van der Waals surface area contributed by atoms with Gasteiger partial charge >= 0.3 is 5.97 Å². The molecule has 1 aromatic rings. The van der Waals surface area contributed by atoms with E-state index in [9.17, 15) is 4.79 Å². The van der Waals surface area contributed by atoms with Gasteiger partial charge in [0.2, 0.25) is 0 Å². The second-order valence-electron chi connectivity index (χ2n) is 1.84. The van der Waals surface area contributed by atoms with E-state index >= 15 is 0 Å². The van der Waals surface area contributed by atoms with E-state index in [-0.39, 0.29) is 0 Å². The van der Waals surface area contributed by atoms with E-state index in [0.717, 1.165) is 15.9 Å². The summed E-state index contributed by atoms with van der Waals surface area (Å²) in [6.07, 6.45) is 1.57. The van der Waals surface area contributed by atoms with Gasteiger partial charge in [0, 0.05) is 6.72 Å². The van der Waals surface area contributed by atoms with Crippen molar-refractivity contribution >= 4 is 28.6 Å². The van der Waals surface area contributed by atoms with Gasteiger partial charge in [0.05, 0.1) is 14.9 Å². The van der Waals surface area contributed by atoms with E-state index in [1.54, 1.807) is 6.33 Å². The molecule has 1 aromatic heterocycles. The molecule has 0 radical (unpaired) electrons. The highest BCUT2D eigenvalue weighted by Crippen LogP contribution is 2.17. The Bertz CT molecular complexity index is 300. The van der Waals surface area contributed by atoms with Gasteiger partial charge in [0.25, 0.3) is 11.8 Å². The zero-order valence-corrected chi connectivity index (χ0v) is 8.13. The van der Waals surface area contributed by atoms with Crippen molar-refractivity contribution in [1.29, 1.82) is 0 Å². The largest absolute Gasteiger partial charge is 0.414 e. The fraction of sp³-hybridized carbons (Fsp3) is 0.200. The summed E-state index contributed by atoms with van der Waals surface area (Å²) in [5.41, 5.74) is 0.349. The number of rotatable bonds is 2. The van der Waals surface area contributed by atoms with E-state index in [2.05, 4.69) is 21.7 Å². The van der Waals surface area contributed by atoms with Crippen LogP contribution in [0.4, 0.5) is 0 Å². The first-order chi connectivity index (χ1) is 5.74. The molecule has 0 aliphatic carbocycles. The Labute approximate surface area is 72.2 Å². The lowest BCUT2D eigenvalue weighted by atomic mass is 10.7. The quantitative estimate of drug-likeness (QED) is 0.405. The first kappa shape index (κ1) is 9.17. The number of nitrogens with zero attached hydrogens (tertiary/aromatic N) is 3. The Morgan fingerprint density at radius 1 is 1.92 bits per heavy atom. The van der Waals surface area contributed by atoms with Crippen molar-refractivity contribution in [3.05, 3.63) is 11.8 Å². The van der Waals surface area contributed by atoms with Crippen molar-refractivity contribution in [2.45, 2.75) is 0 Å². The number of carbonyl (C=O) groups is 1. The molecular weight excluding hydrogens is 196 g/mol. The van der Waals surface area contributed by atoms with Gasteiger partial charge < -0.3 is 4.84 Å². The molecule has 0 N–H and O–H groups in total. The van der Waals surface area contributed by atoms with Gasteiger partial charge in [-0.05, 0) is 4.98 Å². The standard InChI is InChI=1S/C5H6N3O2P2/c1-6-10-5(9)4-7-3-8(2)12-11-4/h3H,1H2,2H3/q+1. The maximum Gasteiger partial charge on any atom is 0.414 e. The maximum atomic E-state index is 11.0. The number of aryl methyl sites for hydroxylation is 1. The lowest BCUT2D eigenvalue weighted by Crippen LogP contribution is -2.21. The molecule has 0 fully saturated rings. The van der Waals surface area contributed by atoms with Crippen LogP contribution >= 0.6 is 15.9 Å².